The Kier molecular flexibility index (Phi) is 8.90. The zero-order valence-electron chi connectivity index (χ0n) is 21.1. The van der Waals surface area contributed by atoms with Crippen molar-refractivity contribution in [1.82, 2.24) is 9.80 Å². The van der Waals surface area contributed by atoms with Crippen LogP contribution >= 0.6 is 10.7 Å². The molecule has 0 spiro atoms. The molecule has 34 heavy (non-hydrogen) atoms. The third kappa shape index (κ3) is 6.06. The summed E-state index contributed by atoms with van der Waals surface area (Å²) in [6.45, 7) is 0. The van der Waals surface area contributed by atoms with E-state index in [2.05, 4.69) is 42.1 Å². The molecule has 0 aliphatic heterocycles. The second-order valence-electron chi connectivity index (χ2n) is 9.48. The zero-order chi connectivity index (χ0) is 25.0. The first-order valence-corrected chi connectivity index (χ1v) is 14.0. The summed E-state index contributed by atoms with van der Waals surface area (Å²) in [7, 11) is 13.5. The Balaban J connectivity index is 0.000000196. The molecule has 2 aliphatic carbocycles. The summed E-state index contributed by atoms with van der Waals surface area (Å²) in [6.07, 6.45) is 5.96. The number of methoxy groups -OCH3 is 2. The molecule has 0 aromatic heterocycles. The molecule has 0 radical (unpaired) electrons. The van der Waals surface area contributed by atoms with Crippen LogP contribution in [0.3, 0.4) is 0 Å². The number of rotatable bonds is 5. The molecule has 2 atom stereocenters. The van der Waals surface area contributed by atoms with Gasteiger partial charge >= 0.3 is 0 Å². The van der Waals surface area contributed by atoms with Crippen molar-refractivity contribution >= 4 is 19.7 Å². The summed E-state index contributed by atoms with van der Waals surface area (Å²) in [5.41, 5.74) is 4.65. The Morgan fingerprint density at radius 3 is 1.91 bits per heavy atom. The lowest BCUT2D eigenvalue weighted by atomic mass is 9.87. The predicted molar refractivity (Wildman–Crippen MR) is 138 cm³/mol. The fraction of sp³-hybridized carbons (Fsp3) is 0.538. The highest BCUT2D eigenvalue weighted by atomic mass is 35.7. The van der Waals surface area contributed by atoms with Gasteiger partial charge in [0.05, 0.1) is 19.1 Å². The Labute approximate surface area is 209 Å². The van der Waals surface area contributed by atoms with E-state index in [0.29, 0.717) is 18.5 Å². The van der Waals surface area contributed by atoms with Gasteiger partial charge in [0.15, 0.2) is 0 Å². The third-order valence-electron chi connectivity index (χ3n) is 7.09. The summed E-state index contributed by atoms with van der Waals surface area (Å²) in [4.78, 5) is 4.70. The van der Waals surface area contributed by atoms with Crippen LogP contribution in [0, 0.1) is 0 Å². The molecule has 2 aromatic carbocycles. The van der Waals surface area contributed by atoms with E-state index in [9.17, 15) is 8.42 Å². The Morgan fingerprint density at radius 2 is 1.35 bits per heavy atom. The van der Waals surface area contributed by atoms with E-state index >= 15 is 0 Å². The van der Waals surface area contributed by atoms with Crippen LogP contribution in [-0.4, -0.2) is 72.7 Å². The van der Waals surface area contributed by atoms with Crippen molar-refractivity contribution in [2.24, 2.45) is 0 Å². The zero-order valence-corrected chi connectivity index (χ0v) is 22.7. The summed E-state index contributed by atoms with van der Waals surface area (Å²) < 4.78 is 34.0. The first kappa shape index (κ1) is 26.8. The van der Waals surface area contributed by atoms with Crippen molar-refractivity contribution in [3.8, 4) is 11.5 Å². The van der Waals surface area contributed by atoms with E-state index in [1.165, 1.54) is 30.0 Å². The Bertz CT molecular complexity index is 1090. The molecule has 2 aliphatic rings. The molecule has 188 valence electrons. The van der Waals surface area contributed by atoms with Gasteiger partial charge in [0.1, 0.15) is 11.5 Å². The van der Waals surface area contributed by atoms with Gasteiger partial charge in [0.25, 0.3) is 9.05 Å². The molecule has 0 bridgehead atoms. The van der Waals surface area contributed by atoms with Crippen molar-refractivity contribution in [1.29, 1.82) is 0 Å². The third-order valence-corrected chi connectivity index (χ3v) is 8.50. The SMILES string of the molecule is COc1ccc(S(=O)(=O)Cl)c2c1C[C@@H](N(C)C)CC2.COc1cccc2c1C[C@@H](N(C)C)CC2. The summed E-state index contributed by atoms with van der Waals surface area (Å²) in [5.74, 6) is 1.80. The van der Waals surface area contributed by atoms with Gasteiger partial charge in [-0.15, -0.1) is 0 Å². The fourth-order valence-corrected chi connectivity index (χ4v) is 6.21. The highest BCUT2D eigenvalue weighted by molar-refractivity contribution is 8.13. The molecule has 0 fully saturated rings. The van der Waals surface area contributed by atoms with Gasteiger partial charge in [-0.05, 0) is 102 Å². The molecule has 0 heterocycles. The Morgan fingerprint density at radius 1 is 0.794 bits per heavy atom. The van der Waals surface area contributed by atoms with Crippen LogP contribution in [0.15, 0.2) is 35.2 Å². The largest absolute Gasteiger partial charge is 0.496 e. The molecular weight excluding hydrogens is 472 g/mol. The van der Waals surface area contributed by atoms with E-state index < -0.39 is 9.05 Å². The van der Waals surface area contributed by atoms with Crippen LogP contribution in [0.25, 0.3) is 0 Å². The van der Waals surface area contributed by atoms with Crippen LogP contribution in [0.2, 0.25) is 0 Å². The lowest BCUT2D eigenvalue weighted by Crippen LogP contribution is -2.34. The Hall–Kier alpha value is -1.80. The fourth-order valence-electron chi connectivity index (χ4n) is 5.03. The van der Waals surface area contributed by atoms with E-state index in [0.717, 1.165) is 41.9 Å². The molecular formula is C26H37ClN2O4S. The van der Waals surface area contributed by atoms with Crippen LogP contribution in [0.4, 0.5) is 0 Å². The monoisotopic (exact) mass is 508 g/mol. The molecule has 0 saturated carbocycles. The maximum Gasteiger partial charge on any atom is 0.261 e. The highest BCUT2D eigenvalue weighted by Crippen LogP contribution is 2.36. The van der Waals surface area contributed by atoms with Crippen molar-refractivity contribution < 1.29 is 17.9 Å². The van der Waals surface area contributed by atoms with Gasteiger partial charge in [-0.25, -0.2) is 8.42 Å². The molecule has 6 nitrogen and oxygen atoms in total. The number of hydrogen-bond acceptors (Lipinski definition) is 6. The first-order chi connectivity index (χ1) is 16.1. The minimum Gasteiger partial charge on any atom is -0.496 e. The smallest absolute Gasteiger partial charge is 0.261 e. The number of likely N-dealkylation sites (N-methyl/N-ethyl adjacent to an activating group) is 2. The first-order valence-electron chi connectivity index (χ1n) is 11.7. The van der Waals surface area contributed by atoms with Crippen LogP contribution in [-0.2, 0) is 34.7 Å². The van der Waals surface area contributed by atoms with Crippen molar-refractivity contribution in [2.75, 3.05) is 42.4 Å². The van der Waals surface area contributed by atoms with Crippen LogP contribution < -0.4 is 9.47 Å². The topological polar surface area (TPSA) is 59.1 Å². The highest BCUT2D eigenvalue weighted by Gasteiger charge is 2.28. The normalized spacial score (nSPS) is 19.7. The van der Waals surface area contributed by atoms with Crippen molar-refractivity contribution in [3.63, 3.8) is 0 Å². The van der Waals surface area contributed by atoms with Crippen LogP contribution in [0.1, 0.15) is 35.1 Å². The number of nitrogens with zero attached hydrogens (tertiary/aromatic N) is 2. The van der Waals surface area contributed by atoms with Crippen molar-refractivity contribution in [2.45, 2.75) is 55.5 Å². The average molecular weight is 509 g/mol. The van der Waals surface area contributed by atoms with Crippen LogP contribution in [0.5, 0.6) is 11.5 Å². The molecule has 8 heteroatoms. The minimum atomic E-state index is -3.70. The van der Waals surface area contributed by atoms with E-state index in [1.807, 2.05) is 14.1 Å². The summed E-state index contributed by atoms with van der Waals surface area (Å²) >= 11 is 0. The van der Waals surface area contributed by atoms with Gasteiger partial charge in [-0.2, -0.15) is 0 Å². The number of ether oxygens (including phenoxy) is 2. The molecule has 0 N–H and O–H groups in total. The van der Waals surface area contributed by atoms with Gasteiger partial charge in [0, 0.05) is 28.3 Å². The minimum absolute atomic E-state index is 0.224. The van der Waals surface area contributed by atoms with E-state index in [4.69, 9.17) is 20.2 Å². The van der Waals surface area contributed by atoms with Gasteiger partial charge in [0.2, 0.25) is 0 Å². The second-order valence-corrected chi connectivity index (χ2v) is 12.0. The predicted octanol–water partition coefficient (Wildman–Crippen LogP) is 4.16. The lowest BCUT2D eigenvalue weighted by molar-refractivity contribution is 0.263. The molecule has 0 saturated heterocycles. The second kappa shape index (κ2) is 11.3. The summed E-state index contributed by atoms with van der Waals surface area (Å²) in [6, 6.07) is 10.7. The molecule has 4 rings (SSSR count). The number of hydrogen-bond donors (Lipinski definition) is 0. The number of fused-ring (bicyclic) bond motifs is 2. The maximum absolute atomic E-state index is 11.6. The van der Waals surface area contributed by atoms with E-state index in [-0.39, 0.29) is 4.90 Å². The maximum atomic E-state index is 11.6. The number of aryl methyl sites for hydroxylation is 1. The summed E-state index contributed by atoms with van der Waals surface area (Å²) in [5, 5.41) is 0. The lowest BCUT2D eigenvalue weighted by Gasteiger charge is -2.31. The molecule has 2 aromatic rings. The average Bonchev–Trinajstić information content (AvgIpc) is 2.81. The number of benzene rings is 2. The quantitative estimate of drug-likeness (QED) is 0.565. The van der Waals surface area contributed by atoms with E-state index in [1.54, 1.807) is 20.3 Å². The van der Waals surface area contributed by atoms with Gasteiger partial charge < -0.3 is 19.3 Å². The number of halogens is 1. The standard InChI is InChI=1S/C13H18ClNO3S.C13H19NO/c1-15(2)9-4-5-10-11(8-9)12(18-3)6-7-13(10)19(14,16)17;1-14(2)11-8-7-10-5-4-6-13(15-3)12(10)9-11/h6-7,9H,4-5,8H2,1-3H3;4-6,11H,7-9H2,1-3H3/t9-;11-/m00/s1. The molecule has 0 amide bonds. The molecule has 0 unspecified atom stereocenters. The van der Waals surface area contributed by atoms with Gasteiger partial charge in [-0.3, -0.25) is 0 Å². The van der Waals surface area contributed by atoms with Gasteiger partial charge in [-0.1, -0.05) is 12.1 Å². The van der Waals surface area contributed by atoms with Crippen molar-refractivity contribution in [3.05, 3.63) is 52.6 Å².